The second-order valence-corrected chi connectivity index (χ2v) is 6.79. The topological polar surface area (TPSA) is 70.1 Å². The SMILES string of the molecule is CN(O)CCCC1C(=O)N(C(=O)OC(C)(C)C)c2ccccc21. The number of ether oxygens (including phenoxy) is 1. The number of rotatable bonds is 4. The fourth-order valence-electron chi connectivity index (χ4n) is 2.69. The van der Waals surface area contributed by atoms with E-state index in [1.807, 2.05) is 12.1 Å². The lowest BCUT2D eigenvalue weighted by atomic mass is 9.96. The van der Waals surface area contributed by atoms with Crippen molar-refractivity contribution in [3.8, 4) is 0 Å². The van der Waals surface area contributed by atoms with Crippen molar-refractivity contribution >= 4 is 17.7 Å². The molecule has 1 aromatic rings. The van der Waals surface area contributed by atoms with E-state index in [9.17, 15) is 14.8 Å². The van der Waals surface area contributed by atoms with Gasteiger partial charge in [0.05, 0.1) is 11.6 Å². The van der Waals surface area contributed by atoms with Gasteiger partial charge in [0.15, 0.2) is 0 Å². The number of carbonyl (C=O) groups is 2. The zero-order valence-corrected chi connectivity index (χ0v) is 14.1. The van der Waals surface area contributed by atoms with Crippen LogP contribution in [0.1, 0.15) is 45.1 Å². The normalized spacial score (nSPS) is 17.6. The van der Waals surface area contributed by atoms with Crippen LogP contribution in [-0.2, 0) is 9.53 Å². The monoisotopic (exact) mass is 320 g/mol. The lowest BCUT2D eigenvalue weighted by Gasteiger charge is -2.24. The van der Waals surface area contributed by atoms with E-state index in [1.165, 1.54) is 0 Å². The van der Waals surface area contributed by atoms with E-state index in [1.54, 1.807) is 40.0 Å². The number of nitrogens with zero attached hydrogens (tertiary/aromatic N) is 2. The Labute approximate surface area is 136 Å². The fourth-order valence-corrected chi connectivity index (χ4v) is 2.69. The Hall–Kier alpha value is -1.92. The molecular weight excluding hydrogens is 296 g/mol. The molecule has 6 nitrogen and oxygen atoms in total. The molecule has 2 rings (SSSR count). The predicted octanol–water partition coefficient (Wildman–Crippen LogP) is 3.15. The molecule has 23 heavy (non-hydrogen) atoms. The number of benzene rings is 1. The summed E-state index contributed by atoms with van der Waals surface area (Å²) in [5, 5.41) is 10.3. The molecular formula is C17H24N2O4. The van der Waals surface area contributed by atoms with Crippen molar-refractivity contribution in [3.63, 3.8) is 0 Å². The molecule has 1 aliphatic rings. The van der Waals surface area contributed by atoms with Crippen molar-refractivity contribution < 1.29 is 19.5 Å². The second kappa shape index (κ2) is 6.68. The first-order valence-electron chi connectivity index (χ1n) is 7.76. The molecule has 1 N–H and O–H groups in total. The molecule has 2 amide bonds. The molecule has 1 heterocycles. The summed E-state index contributed by atoms with van der Waals surface area (Å²) in [5.41, 5.74) is 0.766. The number of para-hydroxylation sites is 1. The summed E-state index contributed by atoms with van der Waals surface area (Å²) in [7, 11) is 1.57. The van der Waals surface area contributed by atoms with Crippen molar-refractivity contribution in [3.05, 3.63) is 29.8 Å². The molecule has 6 heteroatoms. The number of imide groups is 1. The van der Waals surface area contributed by atoms with Crippen LogP contribution in [0.15, 0.2) is 24.3 Å². The molecule has 126 valence electrons. The maximum atomic E-state index is 12.7. The van der Waals surface area contributed by atoms with Gasteiger partial charge in [-0.3, -0.25) is 4.79 Å². The maximum Gasteiger partial charge on any atom is 0.421 e. The molecule has 0 fully saturated rings. The van der Waals surface area contributed by atoms with E-state index in [0.29, 0.717) is 25.1 Å². The van der Waals surface area contributed by atoms with Crippen molar-refractivity contribution in [2.24, 2.45) is 0 Å². The molecule has 0 bridgehead atoms. The number of anilines is 1. The van der Waals surface area contributed by atoms with Crippen molar-refractivity contribution in [2.75, 3.05) is 18.5 Å². The second-order valence-electron chi connectivity index (χ2n) is 6.79. The number of hydrogen-bond acceptors (Lipinski definition) is 5. The summed E-state index contributed by atoms with van der Waals surface area (Å²) < 4.78 is 5.36. The summed E-state index contributed by atoms with van der Waals surface area (Å²) >= 11 is 0. The number of fused-ring (bicyclic) bond motifs is 1. The van der Waals surface area contributed by atoms with Crippen LogP contribution >= 0.6 is 0 Å². The van der Waals surface area contributed by atoms with E-state index in [2.05, 4.69) is 0 Å². The molecule has 1 atom stereocenters. The van der Waals surface area contributed by atoms with Gasteiger partial charge in [-0.1, -0.05) is 18.2 Å². The summed E-state index contributed by atoms with van der Waals surface area (Å²) in [4.78, 5) is 26.2. The van der Waals surface area contributed by atoms with Gasteiger partial charge in [0.2, 0.25) is 5.91 Å². The molecule has 0 radical (unpaired) electrons. The van der Waals surface area contributed by atoms with Crippen LogP contribution in [-0.4, -0.2) is 41.5 Å². The largest absolute Gasteiger partial charge is 0.443 e. The van der Waals surface area contributed by atoms with Gasteiger partial charge in [0.25, 0.3) is 0 Å². The Morgan fingerprint density at radius 3 is 2.61 bits per heavy atom. The minimum absolute atomic E-state index is 0.263. The Morgan fingerprint density at radius 2 is 2.00 bits per heavy atom. The maximum absolute atomic E-state index is 12.7. The smallest absolute Gasteiger partial charge is 0.421 e. The highest BCUT2D eigenvalue weighted by Gasteiger charge is 2.41. The van der Waals surface area contributed by atoms with Crippen LogP contribution in [0.4, 0.5) is 10.5 Å². The van der Waals surface area contributed by atoms with Crippen molar-refractivity contribution in [1.29, 1.82) is 0 Å². The molecule has 0 spiro atoms. The highest BCUT2D eigenvalue weighted by atomic mass is 16.6. The quantitative estimate of drug-likeness (QED) is 0.863. The standard InChI is InChI=1S/C17H24N2O4/c1-17(2,3)23-16(21)19-14-10-6-5-8-12(14)13(15(19)20)9-7-11-18(4)22/h5-6,8,10,13,22H,7,9,11H2,1-4H3. The average Bonchev–Trinajstić information content (AvgIpc) is 2.69. The minimum atomic E-state index is -0.663. The number of hydrogen-bond donors (Lipinski definition) is 1. The van der Waals surface area contributed by atoms with Gasteiger partial charge >= 0.3 is 6.09 Å². The van der Waals surface area contributed by atoms with Crippen LogP contribution in [0, 0.1) is 0 Å². The van der Waals surface area contributed by atoms with Gasteiger partial charge in [-0.2, -0.15) is 5.06 Å². The molecule has 1 aromatic carbocycles. The van der Waals surface area contributed by atoms with Gasteiger partial charge in [0.1, 0.15) is 5.60 Å². The van der Waals surface area contributed by atoms with Gasteiger partial charge in [-0.15, -0.1) is 0 Å². The Balaban J connectivity index is 2.22. The number of carbonyl (C=O) groups excluding carboxylic acids is 2. The zero-order chi connectivity index (χ0) is 17.2. The zero-order valence-electron chi connectivity index (χ0n) is 14.1. The minimum Gasteiger partial charge on any atom is -0.443 e. The van der Waals surface area contributed by atoms with Crippen LogP contribution in [0.5, 0.6) is 0 Å². The average molecular weight is 320 g/mol. The van der Waals surface area contributed by atoms with E-state index >= 15 is 0 Å². The number of amides is 2. The van der Waals surface area contributed by atoms with Crippen molar-refractivity contribution in [1.82, 2.24) is 5.06 Å². The summed E-state index contributed by atoms with van der Waals surface area (Å²) in [6.45, 7) is 5.78. The molecule has 0 saturated heterocycles. The third-order valence-corrected chi connectivity index (χ3v) is 3.62. The lowest BCUT2D eigenvalue weighted by molar-refractivity contribution is -0.119. The highest BCUT2D eigenvalue weighted by Crippen LogP contribution is 2.40. The highest BCUT2D eigenvalue weighted by molar-refractivity contribution is 6.19. The van der Waals surface area contributed by atoms with E-state index in [0.717, 1.165) is 15.5 Å². The molecule has 0 saturated carbocycles. The third kappa shape index (κ3) is 4.09. The first kappa shape index (κ1) is 17.4. The molecule has 1 unspecified atom stereocenters. The van der Waals surface area contributed by atoms with Crippen LogP contribution in [0.25, 0.3) is 0 Å². The van der Waals surface area contributed by atoms with Crippen LogP contribution < -0.4 is 4.90 Å². The van der Waals surface area contributed by atoms with Gasteiger partial charge in [-0.05, 0) is 45.2 Å². The predicted molar refractivity (Wildman–Crippen MR) is 86.6 cm³/mol. The van der Waals surface area contributed by atoms with Gasteiger partial charge in [0, 0.05) is 13.6 Å². The van der Waals surface area contributed by atoms with Crippen LogP contribution in [0.3, 0.4) is 0 Å². The Bertz CT molecular complexity index is 593. The van der Waals surface area contributed by atoms with Gasteiger partial charge in [-0.25, -0.2) is 9.69 Å². The number of hydroxylamine groups is 2. The summed E-state index contributed by atoms with van der Waals surface area (Å²) in [5.74, 6) is -0.639. The van der Waals surface area contributed by atoms with E-state index in [4.69, 9.17) is 4.74 Å². The fraction of sp³-hybridized carbons (Fsp3) is 0.529. The van der Waals surface area contributed by atoms with Crippen LogP contribution in [0.2, 0.25) is 0 Å². The third-order valence-electron chi connectivity index (χ3n) is 3.62. The Morgan fingerprint density at radius 1 is 1.35 bits per heavy atom. The van der Waals surface area contributed by atoms with Gasteiger partial charge < -0.3 is 9.94 Å². The first-order valence-corrected chi connectivity index (χ1v) is 7.76. The summed E-state index contributed by atoms with van der Waals surface area (Å²) in [6.07, 6.45) is 0.580. The van der Waals surface area contributed by atoms with E-state index < -0.39 is 11.7 Å². The summed E-state index contributed by atoms with van der Waals surface area (Å²) in [6, 6.07) is 7.28. The van der Waals surface area contributed by atoms with Crippen molar-refractivity contribution in [2.45, 2.75) is 45.1 Å². The van der Waals surface area contributed by atoms with E-state index in [-0.39, 0.29) is 11.8 Å². The lowest BCUT2D eigenvalue weighted by Crippen LogP contribution is -2.39. The molecule has 0 aromatic heterocycles. The Kier molecular flexibility index (Phi) is 5.06. The molecule has 0 aliphatic carbocycles. The first-order chi connectivity index (χ1) is 10.7. The molecule has 1 aliphatic heterocycles.